The zero-order valence-electron chi connectivity index (χ0n) is 10.6. The molecule has 1 aliphatic rings. The quantitative estimate of drug-likeness (QED) is 0.746. The molecule has 1 rings (SSSR count). The molecule has 4 heteroatoms. The Kier molecular flexibility index (Phi) is 5.22. The summed E-state index contributed by atoms with van der Waals surface area (Å²) in [6, 6.07) is 0.323. The molecule has 4 nitrogen and oxygen atoms in total. The third kappa shape index (κ3) is 4.10. The maximum Gasteiger partial charge on any atom is 0.234 e. The van der Waals surface area contributed by atoms with E-state index in [-0.39, 0.29) is 18.1 Å². The third-order valence-electron chi connectivity index (χ3n) is 3.35. The Labute approximate surface area is 98.0 Å². The molecule has 0 bridgehead atoms. The number of aliphatic hydroxyl groups excluding tert-OH is 1. The van der Waals surface area contributed by atoms with Crippen molar-refractivity contribution in [3.63, 3.8) is 0 Å². The van der Waals surface area contributed by atoms with E-state index in [0.717, 1.165) is 25.7 Å². The van der Waals surface area contributed by atoms with Crippen LogP contribution >= 0.6 is 0 Å². The highest BCUT2D eigenvalue weighted by atomic mass is 16.3. The van der Waals surface area contributed by atoms with E-state index in [2.05, 4.69) is 19.2 Å². The zero-order chi connectivity index (χ0) is 12.1. The summed E-state index contributed by atoms with van der Waals surface area (Å²) in [5.41, 5.74) is 0. The van der Waals surface area contributed by atoms with Crippen LogP contribution in [0.1, 0.15) is 39.5 Å². The predicted molar refractivity (Wildman–Crippen MR) is 64.2 cm³/mol. The van der Waals surface area contributed by atoms with E-state index in [1.807, 2.05) is 11.9 Å². The lowest BCUT2D eigenvalue weighted by Crippen LogP contribution is -2.48. The maximum atomic E-state index is 11.7. The van der Waals surface area contributed by atoms with Gasteiger partial charge in [0, 0.05) is 6.04 Å². The Morgan fingerprint density at radius 3 is 2.62 bits per heavy atom. The zero-order valence-corrected chi connectivity index (χ0v) is 10.6. The van der Waals surface area contributed by atoms with E-state index >= 15 is 0 Å². The van der Waals surface area contributed by atoms with Gasteiger partial charge in [0.2, 0.25) is 5.91 Å². The van der Waals surface area contributed by atoms with Crippen LogP contribution in [-0.4, -0.2) is 47.7 Å². The van der Waals surface area contributed by atoms with Gasteiger partial charge in [0.1, 0.15) is 0 Å². The van der Waals surface area contributed by atoms with Gasteiger partial charge in [-0.15, -0.1) is 0 Å². The second-order valence-electron chi connectivity index (χ2n) is 5.03. The lowest BCUT2D eigenvalue weighted by Gasteiger charge is -2.29. The van der Waals surface area contributed by atoms with Gasteiger partial charge in [-0.1, -0.05) is 12.8 Å². The van der Waals surface area contributed by atoms with Gasteiger partial charge in [0.15, 0.2) is 0 Å². The molecule has 0 radical (unpaired) electrons. The molecular formula is C12H24N2O2. The normalized spacial score (nSPS) is 26.1. The fourth-order valence-electron chi connectivity index (χ4n) is 1.94. The highest BCUT2D eigenvalue weighted by molar-refractivity contribution is 5.78. The molecule has 1 saturated carbocycles. The van der Waals surface area contributed by atoms with Crippen molar-refractivity contribution in [3.05, 3.63) is 0 Å². The van der Waals surface area contributed by atoms with Gasteiger partial charge in [0.05, 0.1) is 18.7 Å². The summed E-state index contributed by atoms with van der Waals surface area (Å²) in [5.74, 6) is 0.0159. The minimum atomic E-state index is -0.359. The van der Waals surface area contributed by atoms with E-state index in [1.165, 1.54) is 0 Å². The molecule has 94 valence electrons. The Hall–Kier alpha value is -0.610. The number of hydrogen-bond donors (Lipinski definition) is 2. The lowest BCUT2D eigenvalue weighted by molar-refractivity contribution is -0.124. The number of hydrogen-bond acceptors (Lipinski definition) is 3. The minimum Gasteiger partial charge on any atom is -0.391 e. The van der Waals surface area contributed by atoms with Crippen LogP contribution in [0.3, 0.4) is 0 Å². The number of nitrogens with zero attached hydrogens (tertiary/aromatic N) is 1. The van der Waals surface area contributed by atoms with Crippen LogP contribution in [0.5, 0.6) is 0 Å². The third-order valence-corrected chi connectivity index (χ3v) is 3.35. The summed E-state index contributed by atoms with van der Waals surface area (Å²) in [6.45, 7) is 4.52. The molecule has 2 unspecified atom stereocenters. The standard InChI is InChI=1S/C12H24N2O2/c1-9(2)14(3)8-12(16)13-10-6-4-5-7-11(10)15/h9-11,15H,4-8H2,1-3H3,(H,13,16). The monoisotopic (exact) mass is 228 g/mol. The first-order valence-electron chi connectivity index (χ1n) is 6.18. The molecule has 1 aliphatic carbocycles. The van der Waals surface area contributed by atoms with Crippen molar-refractivity contribution >= 4 is 5.91 Å². The first-order valence-corrected chi connectivity index (χ1v) is 6.18. The van der Waals surface area contributed by atoms with E-state index in [4.69, 9.17) is 0 Å². The van der Waals surface area contributed by atoms with Gasteiger partial charge in [-0.25, -0.2) is 0 Å². The van der Waals surface area contributed by atoms with Crippen LogP contribution in [0.25, 0.3) is 0 Å². The first-order chi connectivity index (χ1) is 7.50. The fraction of sp³-hybridized carbons (Fsp3) is 0.917. The van der Waals surface area contributed by atoms with Crippen LogP contribution in [0.4, 0.5) is 0 Å². The number of carbonyl (C=O) groups is 1. The molecule has 1 amide bonds. The van der Waals surface area contributed by atoms with E-state index in [1.54, 1.807) is 0 Å². The molecule has 0 saturated heterocycles. The van der Waals surface area contributed by atoms with Crippen molar-refractivity contribution in [1.82, 2.24) is 10.2 Å². The molecule has 1 fully saturated rings. The van der Waals surface area contributed by atoms with Crippen molar-refractivity contribution in [2.75, 3.05) is 13.6 Å². The highest BCUT2D eigenvalue weighted by Crippen LogP contribution is 2.18. The Morgan fingerprint density at radius 2 is 2.06 bits per heavy atom. The molecule has 0 spiro atoms. The number of carbonyl (C=O) groups excluding carboxylic acids is 1. The molecule has 0 aromatic carbocycles. The first kappa shape index (κ1) is 13.5. The number of likely N-dealkylation sites (N-methyl/N-ethyl adjacent to an activating group) is 1. The number of aliphatic hydroxyl groups is 1. The summed E-state index contributed by atoms with van der Waals surface area (Å²) < 4.78 is 0. The van der Waals surface area contributed by atoms with E-state index < -0.39 is 0 Å². The molecule has 0 heterocycles. The topological polar surface area (TPSA) is 52.6 Å². The Balaban J connectivity index is 2.32. The summed E-state index contributed by atoms with van der Waals surface area (Å²) in [4.78, 5) is 13.7. The van der Waals surface area contributed by atoms with Crippen LogP contribution < -0.4 is 5.32 Å². The van der Waals surface area contributed by atoms with Crippen molar-refractivity contribution < 1.29 is 9.90 Å². The van der Waals surface area contributed by atoms with Crippen LogP contribution in [-0.2, 0) is 4.79 Å². The van der Waals surface area contributed by atoms with Gasteiger partial charge >= 0.3 is 0 Å². The highest BCUT2D eigenvalue weighted by Gasteiger charge is 2.24. The van der Waals surface area contributed by atoms with Gasteiger partial charge in [-0.3, -0.25) is 9.69 Å². The van der Waals surface area contributed by atoms with Gasteiger partial charge < -0.3 is 10.4 Å². The van der Waals surface area contributed by atoms with Crippen molar-refractivity contribution in [3.8, 4) is 0 Å². The Morgan fingerprint density at radius 1 is 1.44 bits per heavy atom. The maximum absolute atomic E-state index is 11.7. The number of nitrogens with one attached hydrogen (secondary N) is 1. The molecular weight excluding hydrogens is 204 g/mol. The predicted octanol–water partition coefficient (Wildman–Crippen LogP) is 0.746. The molecule has 2 atom stereocenters. The molecule has 2 N–H and O–H groups in total. The summed E-state index contributed by atoms with van der Waals surface area (Å²) in [5, 5.41) is 12.7. The Bertz CT molecular complexity index is 231. The van der Waals surface area contributed by atoms with E-state index in [9.17, 15) is 9.90 Å². The second kappa shape index (κ2) is 6.21. The van der Waals surface area contributed by atoms with Gasteiger partial charge in [-0.05, 0) is 33.7 Å². The molecule has 16 heavy (non-hydrogen) atoms. The van der Waals surface area contributed by atoms with Crippen molar-refractivity contribution in [2.45, 2.75) is 57.7 Å². The average Bonchev–Trinajstić information content (AvgIpc) is 2.21. The van der Waals surface area contributed by atoms with Crippen LogP contribution in [0.15, 0.2) is 0 Å². The van der Waals surface area contributed by atoms with Crippen LogP contribution in [0, 0.1) is 0 Å². The second-order valence-corrected chi connectivity index (χ2v) is 5.03. The minimum absolute atomic E-state index is 0.0159. The van der Waals surface area contributed by atoms with Crippen molar-refractivity contribution in [1.29, 1.82) is 0 Å². The summed E-state index contributed by atoms with van der Waals surface area (Å²) >= 11 is 0. The van der Waals surface area contributed by atoms with Crippen molar-refractivity contribution in [2.24, 2.45) is 0 Å². The number of rotatable bonds is 4. The summed E-state index contributed by atoms with van der Waals surface area (Å²) in [7, 11) is 1.93. The smallest absolute Gasteiger partial charge is 0.234 e. The SMILES string of the molecule is CC(C)N(C)CC(=O)NC1CCCCC1O. The van der Waals surface area contributed by atoms with E-state index in [0.29, 0.717) is 12.6 Å². The molecule has 0 aliphatic heterocycles. The van der Waals surface area contributed by atoms with Crippen LogP contribution in [0.2, 0.25) is 0 Å². The lowest BCUT2D eigenvalue weighted by atomic mass is 9.92. The fourth-order valence-corrected chi connectivity index (χ4v) is 1.94. The molecule has 0 aromatic heterocycles. The molecule has 0 aromatic rings. The van der Waals surface area contributed by atoms with Gasteiger partial charge in [-0.2, -0.15) is 0 Å². The van der Waals surface area contributed by atoms with Gasteiger partial charge in [0.25, 0.3) is 0 Å². The largest absolute Gasteiger partial charge is 0.391 e. The summed E-state index contributed by atoms with van der Waals surface area (Å²) in [6.07, 6.45) is 3.52. The average molecular weight is 228 g/mol. The number of amides is 1.